The summed E-state index contributed by atoms with van der Waals surface area (Å²) in [5.74, 6) is -1.16. The summed E-state index contributed by atoms with van der Waals surface area (Å²) in [4.78, 5) is 24.3. The third-order valence-electron chi connectivity index (χ3n) is 3.64. The highest BCUT2D eigenvalue weighted by Crippen LogP contribution is 2.34. The van der Waals surface area contributed by atoms with E-state index in [0.717, 1.165) is 4.90 Å². The number of alkyl halides is 2. The van der Waals surface area contributed by atoms with Crippen molar-refractivity contribution in [2.45, 2.75) is 38.8 Å². The SMILES string of the molecule is CN1C(=O)[N+](CC(F)F)(C(C)(C)C)CC1C(=O)O. The largest absolute Gasteiger partial charge is 0.480 e. The van der Waals surface area contributed by atoms with Crippen molar-refractivity contribution in [1.29, 1.82) is 0 Å². The molecule has 0 radical (unpaired) electrons. The molecule has 0 bridgehead atoms. The number of rotatable bonds is 3. The lowest BCUT2D eigenvalue weighted by Crippen LogP contribution is -2.63. The molecule has 1 aliphatic rings. The standard InChI is InChI=1S/C11H18F2N2O3/c1-11(2,3)15(6-8(12)13)5-7(9(16)17)14(4)10(15)18/h7-8H,5-6H2,1-4H3/p+1. The lowest BCUT2D eigenvalue weighted by atomic mass is 10.0. The molecule has 0 aromatic carbocycles. The predicted molar refractivity (Wildman–Crippen MR) is 60.3 cm³/mol. The summed E-state index contributed by atoms with van der Waals surface area (Å²) in [5, 5.41) is 9.04. The lowest BCUT2D eigenvalue weighted by Gasteiger charge is -2.41. The van der Waals surface area contributed by atoms with Crippen molar-refractivity contribution in [3.05, 3.63) is 0 Å². The van der Waals surface area contributed by atoms with E-state index in [9.17, 15) is 18.4 Å². The van der Waals surface area contributed by atoms with Crippen molar-refractivity contribution in [3.8, 4) is 0 Å². The maximum absolute atomic E-state index is 12.8. The molecule has 2 amide bonds. The molecule has 1 heterocycles. The Morgan fingerprint density at radius 3 is 2.33 bits per heavy atom. The molecule has 0 spiro atoms. The zero-order valence-electron chi connectivity index (χ0n) is 11.0. The van der Waals surface area contributed by atoms with Gasteiger partial charge in [0.1, 0.15) is 13.1 Å². The smallest absolute Gasteiger partial charge is 0.420 e. The number of nitrogens with zero attached hydrogens (tertiary/aromatic N) is 2. The fraction of sp³-hybridized carbons (Fsp3) is 0.818. The van der Waals surface area contributed by atoms with E-state index in [1.54, 1.807) is 20.8 Å². The molecule has 0 aromatic rings. The van der Waals surface area contributed by atoms with Gasteiger partial charge in [-0.1, -0.05) is 0 Å². The first-order valence-electron chi connectivity index (χ1n) is 5.68. The van der Waals surface area contributed by atoms with Crippen molar-refractivity contribution < 1.29 is 28.0 Å². The van der Waals surface area contributed by atoms with E-state index >= 15 is 0 Å². The van der Waals surface area contributed by atoms with Crippen LogP contribution in [0.1, 0.15) is 20.8 Å². The minimum Gasteiger partial charge on any atom is -0.480 e. The number of carbonyl (C=O) groups excluding carboxylic acids is 1. The molecule has 1 fully saturated rings. The Bertz CT molecular complexity index is 368. The summed E-state index contributed by atoms with van der Waals surface area (Å²) in [6.45, 7) is 4.23. The van der Waals surface area contributed by atoms with Crippen LogP contribution < -0.4 is 0 Å². The van der Waals surface area contributed by atoms with Crippen LogP contribution in [0.2, 0.25) is 0 Å². The van der Waals surface area contributed by atoms with E-state index in [0.29, 0.717) is 0 Å². The van der Waals surface area contributed by atoms with Crippen molar-refractivity contribution in [2.24, 2.45) is 0 Å². The van der Waals surface area contributed by atoms with Gasteiger partial charge >= 0.3 is 12.0 Å². The first-order valence-corrected chi connectivity index (χ1v) is 5.68. The average molecular weight is 265 g/mol. The van der Waals surface area contributed by atoms with E-state index in [4.69, 9.17) is 5.11 Å². The summed E-state index contributed by atoms with van der Waals surface area (Å²) >= 11 is 0. The normalized spacial score (nSPS) is 29.2. The maximum Gasteiger partial charge on any atom is 0.420 e. The Balaban J connectivity index is 3.21. The second kappa shape index (κ2) is 4.46. The Labute approximate surface area is 105 Å². The quantitative estimate of drug-likeness (QED) is 0.784. The fourth-order valence-electron chi connectivity index (χ4n) is 2.40. The zero-order valence-corrected chi connectivity index (χ0v) is 11.0. The Morgan fingerprint density at radius 2 is 2.06 bits per heavy atom. The average Bonchev–Trinajstić information content (AvgIpc) is 2.42. The van der Waals surface area contributed by atoms with Crippen LogP contribution in [-0.2, 0) is 4.79 Å². The molecule has 0 aliphatic carbocycles. The van der Waals surface area contributed by atoms with Gasteiger partial charge in [-0.25, -0.2) is 22.9 Å². The van der Waals surface area contributed by atoms with Gasteiger partial charge in [0.15, 0.2) is 6.04 Å². The Hall–Kier alpha value is -1.24. The van der Waals surface area contributed by atoms with Gasteiger partial charge in [0, 0.05) is 7.05 Å². The van der Waals surface area contributed by atoms with Gasteiger partial charge in [0.2, 0.25) is 0 Å². The molecule has 1 N–H and O–H groups in total. The molecule has 1 rings (SSSR count). The van der Waals surface area contributed by atoms with Gasteiger partial charge in [0.05, 0.1) is 5.54 Å². The van der Waals surface area contributed by atoms with Gasteiger partial charge in [-0.2, -0.15) is 0 Å². The van der Waals surface area contributed by atoms with Gasteiger partial charge in [-0.05, 0) is 20.8 Å². The number of carboxylic acid groups (broad SMARTS) is 1. The number of quaternary nitrogens is 1. The van der Waals surface area contributed by atoms with E-state index in [1.165, 1.54) is 7.05 Å². The third-order valence-corrected chi connectivity index (χ3v) is 3.64. The monoisotopic (exact) mass is 265 g/mol. The first kappa shape index (κ1) is 14.8. The first-order chi connectivity index (χ1) is 8.03. The van der Waals surface area contributed by atoms with E-state index in [1.807, 2.05) is 0 Å². The number of aliphatic carboxylic acids is 1. The molecular formula is C11H19F2N2O3+. The molecular weight excluding hydrogens is 246 g/mol. The van der Waals surface area contributed by atoms with Crippen molar-refractivity contribution in [2.75, 3.05) is 20.1 Å². The minimum absolute atomic E-state index is 0.126. The number of carbonyl (C=O) groups is 2. The second-order valence-corrected chi connectivity index (χ2v) is 5.64. The third kappa shape index (κ3) is 2.19. The molecule has 1 aliphatic heterocycles. The minimum atomic E-state index is -2.66. The number of urea groups is 1. The summed E-state index contributed by atoms with van der Waals surface area (Å²) in [6, 6.07) is -1.61. The molecule has 18 heavy (non-hydrogen) atoms. The number of halogens is 2. The second-order valence-electron chi connectivity index (χ2n) is 5.64. The summed E-state index contributed by atoms with van der Waals surface area (Å²) in [6.07, 6.45) is -2.66. The Morgan fingerprint density at radius 1 is 1.56 bits per heavy atom. The van der Waals surface area contributed by atoms with Gasteiger partial charge in [-0.3, -0.25) is 4.90 Å². The summed E-state index contributed by atoms with van der Waals surface area (Å²) in [7, 11) is 1.35. The van der Waals surface area contributed by atoms with Crippen molar-refractivity contribution in [1.82, 2.24) is 4.90 Å². The number of likely N-dealkylation sites (N-methyl/N-ethyl adjacent to an activating group) is 1. The van der Waals surface area contributed by atoms with Crippen LogP contribution in [-0.4, -0.2) is 64.6 Å². The molecule has 0 saturated carbocycles. The molecule has 7 heteroatoms. The van der Waals surface area contributed by atoms with Crippen LogP contribution in [0, 0.1) is 0 Å². The molecule has 2 atom stereocenters. The van der Waals surface area contributed by atoms with Crippen LogP contribution in [0.25, 0.3) is 0 Å². The van der Waals surface area contributed by atoms with E-state index in [-0.39, 0.29) is 6.54 Å². The number of hydrogen-bond acceptors (Lipinski definition) is 2. The fourth-order valence-corrected chi connectivity index (χ4v) is 2.40. The molecule has 104 valence electrons. The molecule has 5 nitrogen and oxygen atoms in total. The summed E-state index contributed by atoms with van der Waals surface area (Å²) < 4.78 is 25.0. The van der Waals surface area contributed by atoms with Crippen molar-refractivity contribution in [3.63, 3.8) is 0 Å². The van der Waals surface area contributed by atoms with Crippen LogP contribution >= 0.6 is 0 Å². The van der Waals surface area contributed by atoms with Crippen LogP contribution in [0.4, 0.5) is 13.6 Å². The van der Waals surface area contributed by atoms with E-state index in [2.05, 4.69) is 0 Å². The number of amides is 2. The maximum atomic E-state index is 12.8. The molecule has 1 saturated heterocycles. The number of carboxylic acids is 1. The molecule has 2 unspecified atom stereocenters. The lowest BCUT2D eigenvalue weighted by molar-refractivity contribution is -0.893. The highest BCUT2D eigenvalue weighted by molar-refractivity contribution is 5.82. The van der Waals surface area contributed by atoms with Crippen LogP contribution in [0.15, 0.2) is 0 Å². The van der Waals surface area contributed by atoms with Gasteiger partial charge in [-0.15, -0.1) is 0 Å². The zero-order chi connectivity index (χ0) is 14.3. The van der Waals surface area contributed by atoms with E-state index < -0.39 is 41.0 Å². The highest BCUT2D eigenvalue weighted by Gasteiger charge is 2.60. The molecule has 0 aromatic heterocycles. The summed E-state index contributed by atoms with van der Waals surface area (Å²) in [5.41, 5.74) is -0.772. The van der Waals surface area contributed by atoms with Crippen molar-refractivity contribution >= 4 is 12.0 Å². The Kier molecular flexibility index (Phi) is 3.67. The van der Waals surface area contributed by atoms with Crippen LogP contribution in [0.3, 0.4) is 0 Å². The predicted octanol–water partition coefficient (Wildman–Crippen LogP) is 1.39. The number of hydrogen-bond donors (Lipinski definition) is 1. The van der Waals surface area contributed by atoms with Gasteiger partial charge in [0.25, 0.3) is 6.43 Å². The topological polar surface area (TPSA) is 57.6 Å². The van der Waals surface area contributed by atoms with Crippen LogP contribution in [0.5, 0.6) is 0 Å². The highest BCUT2D eigenvalue weighted by atomic mass is 19.3. The van der Waals surface area contributed by atoms with Gasteiger partial charge < -0.3 is 5.11 Å².